The summed E-state index contributed by atoms with van der Waals surface area (Å²) in [4.78, 5) is 10.9. The first-order valence-electron chi connectivity index (χ1n) is 3.79. The monoisotopic (exact) mass is 218 g/mol. The second-order valence-electron chi connectivity index (χ2n) is 2.40. The summed E-state index contributed by atoms with van der Waals surface area (Å²) in [5.74, 6) is 0.0298. The van der Waals surface area contributed by atoms with Gasteiger partial charge in [-0.1, -0.05) is 30.1 Å². The summed E-state index contributed by atoms with van der Waals surface area (Å²) in [5.41, 5.74) is 0. The van der Waals surface area contributed by atoms with Crippen molar-refractivity contribution in [3.63, 3.8) is 0 Å². The zero-order valence-corrected chi connectivity index (χ0v) is 8.52. The van der Waals surface area contributed by atoms with Crippen LogP contribution in [-0.4, -0.2) is 5.97 Å². The van der Waals surface area contributed by atoms with Crippen LogP contribution >= 0.6 is 23.2 Å². The fourth-order valence-corrected chi connectivity index (χ4v) is 1.20. The van der Waals surface area contributed by atoms with E-state index in [1.54, 1.807) is 19.1 Å². The van der Waals surface area contributed by atoms with E-state index >= 15 is 0 Å². The van der Waals surface area contributed by atoms with Gasteiger partial charge in [-0.3, -0.25) is 4.79 Å². The van der Waals surface area contributed by atoms with Gasteiger partial charge in [0.15, 0.2) is 0 Å². The lowest BCUT2D eigenvalue weighted by molar-refractivity contribution is -0.134. The second kappa shape index (κ2) is 4.49. The molecule has 0 aromatic heterocycles. The third-order valence-electron chi connectivity index (χ3n) is 1.41. The van der Waals surface area contributed by atoms with Crippen LogP contribution in [-0.2, 0) is 4.79 Å². The molecule has 0 N–H and O–H groups in total. The molecular formula is C9H8Cl2O2. The smallest absolute Gasteiger partial charge is 0.310 e. The van der Waals surface area contributed by atoms with Crippen LogP contribution in [0.2, 0.25) is 10.0 Å². The van der Waals surface area contributed by atoms with E-state index in [4.69, 9.17) is 27.9 Å². The lowest BCUT2D eigenvalue weighted by Gasteiger charge is -2.04. The third-order valence-corrected chi connectivity index (χ3v) is 1.94. The van der Waals surface area contributed by atoms with Crippen LogP contribution in [0.4, 0.5) is 0 Å². The maximum absolute atomic E-state index is 10.9. The molecule has 0 saturated heterocycles. The zero-order valence-electron chi connectivity index (χ0n) is 7.01. The fraction of sp³-hybridized carbons (Fsp3) is 0.222. The van der Waals surface area contributed by atoms with Gasteiger partial charge in [0.2, 0.25) is 0 Å². The number of halogens is 2. The van der Waals surface area contributed by atoms with Crippen LogP contribution in [0, 0.1) is 0 Å². The second-order valence-corrected chi connectivity index (χ2v) is 3.25. The highest BCUT2D eigenvalue weighted by Crippen LogP contribution is 2.27. The van der Waals surface area contributed by atoms with Crippen molar-refractivity contribution in [2.45, 2.75) is 13.3 Å². The summed E-state index contributed by atoms with van der Waals surface area (Å²) < 4.78 is 4.92. The van der Waals surface area contributed by atoms with E-state index < -0.39 is 0 Å². The van der Waals surface area contributed by atoms with Crippen LogP contribution in [0.15, 0.2) is 18.2 Å². The lowest BCUT2D eigenvalue weighted by atomic mass is 10.3. The maximum atomic E-state index is 10.9. The number of carbonyl (C=O) groups is 1. The van der Waals surface area contributed by atoms with E-state index in [1.165, 1.54) is 6.07 Å². The Bertz CT molecular complexity index is 323. The van der Waals surface area contributed by atoms with Crippen LogP contribution in [0.3, 0.4) is 0 Å². The van der Waals surface area contributed by atoms with Crippen molar-refractivity contribution in [2.24, 2.45) is 0 Å². The molecule has 0 saturated carbocycles. The standard InChI is InChI=1S/C9H8Cl2O2/c1-2-9(12)13-8-4-3-6(10)5-7(8)11/h3-5H,2H2,1H3. The van der Waals surface area contributed by atoms with E-state index in [2.05, 4.69) is 0 Å². The minimum atomic E-state index is -0.316. The summed E-state index contributed by atoms with van der Waals surface area (Å²) in [7, 11) is 0. The minimum absolute atomic E-state index is 0.316. The van der Waals surface area contributed by atoms with E-state index in [-0.39, 0.29) is 5.97 Å². The molecule has 0 bridgehead atoms. The quantitative estimate of drug-likeness (QED) is 0.563. The van der Waals surface area contributed by atoms with Crippen molar-refractivity contribution in [1.82, 2.24) is 0 Å². The molecule has 70 valence electrons. The molecule has 1 aromatic rings. The van der Waals surface area contributed by atoms with Gasteiger partial charge in [-0.25, -0.2) is 0 Å². The van der Waals surface area contributed by atoms with Crippen molar-refractivity contribution in [3.8, 4) is 5.75 Å². The molecule has 0 aliphatic heterocycles. The van der Waals surface area contributed by atoms with Crippen molar-refractivity contribution < 1.29 is 9.53 Å². The number of carbonyl (C=O) groups excluding carboxylic acids is 1. The largest absolute Gasteiger partial charge is 0.425 e. The fourth-order valence-electron chi connectivity index (χ4n) is 0.753. The number of benzene rings is 1. The summed E-state index contributed by atoms with van der Waals surface area (Å²) >= 11 is 11.4. The number of esters is 1. The molecule has 0 atom stereocenters. The molecule has 1 aromatic carbocycles. The number of hydrogen-bond donors (Lipinski definition) is 0. The molecule has 0 aliphatic rings. The summed E-state index contributed by atoms with van der Waals surface area (Å²) in [6, 6.07) is 4.71. The minimum Gasteiger partial charge on any atom is -0.425 e. The highest BCUT2D eigenvalue weighted by atomic mass is 35.5. The normalized spacial score (nSPS) is 9.77. The van der Waals surface area contributed by atoms with Gasteiger partial charge in [0.1, 0.15) is 5.75 Å². The Morgan fingerprint density at radius 3 is 2.69 bits per heavy atom. The van der Waals surface area contributed by atoms with Gasteiger partial charge in [0.05, 0.1) is 5.02 Å². The maximum Gasteiger partial charge on any atom is 0.310 e. The first-order valence-corrected chi connectivity index (χ1v) is 4.54. The average Bonchev–Trinajstić information content (AvgIpc) is 2.09. The Hall–Kier alpha value is -0.730. The number of hydrogen-bond acceptors (Lipinski definition) is 2. The van der Waals surface area contributed by atoms with Gasteiger partial charge in [-0.2, -0.15) is 0 Å². The van der Waals surface area contributed by atoms with Gasteiger partial charge in [-0.05, 0) is 18.2 Å². The Morgan fingerprint density at radius 1 is 1.46 bits per heavy atom. The zero-order chi connectivity index (χ0) is 9.84. The molecule has 0 amide bonds. The van der Waals surface area contributed by atoms with Gasteiger partial charge in [0.25, 0.3) is 0 Å². The Labute approximate surface area is 86.4 Å². The summed E-state index contributed by atoms with van der Waals surface area (Å²) in [6.45, 7) is 1.71. The highest BCUT2D eigenvalue weighted by Gasteiger charge is 2.06. The third kappa shape index (κ3) is 2.90. The molecule has 4 heteroatoms. The van der Waals surface area contributed by atoms with Crippen LogP contribution in [0.25, 0.3) is 0 Å². The van der Waals surface area contributed by atoms with Crippen molar-refractivity contribution >= 4 is 29.2 Å². The Morgan fingerprint density at radius 2 is 2.15 bits per heavy atom. The first kappa shape index (κ1) is 10.4. The van der Waals surface area contributed by atoms with Gasteiger partial charge >= 0.3 is 5.97 Å². The van der Waals surface area contributed by atoms with Crippen LogP contribution in [0.5, 0.6) is 5.75 Å². The molecule has 0 radical (unpaired) electrons. The molecule has 0 fully saturated rings. The SMILES string of the molecule is CCC(=O)Oc1ccc(Cl)cc1Cl. The molecule has 13 heavy (non-hydrogen) atoms. The average molecular weight is 219 g/mol. The van der Waals surface area contributed by atoms with Crippen LogP contribution in [0.1, 0.15) is 13.3 Å². The molecule has 2 nitrogen and oxygen atoms in total. The molecule has 0 spiro atoms. The molecule has 0 heterocycles. The Balaban J connectivity index is 2.83. The van der Waals surface area contributed by atoms with E-state index in [0.717, 1.165) is 0 Å². The van der Waals surface area contributed by atoms with E-state index in [0.29, 0.717) is 22.2 Å². The molecule has 1 rings (SSSR count). The first-order chi connectivity index (χ1) is 6.13. The van der Waals surface area contributed by atoms with Crippen molar-refractivity contribution in [3.05, 3.63) is 28.2 Å². The number of rotatable bonds is 2. The molecule has 0 aliphatic carbocycles. The van der Waals surface area contributed by atoms with E-state index in [1.807, 2.05) is 0 Å². The van der Waals surface area contributed by atoms with Crippen molar-refractivity contribution in [1.29, 1.82) is 0 Å². The predicted molar refractivity (Wildman–Crippen MR) is 52.4 cm³/mol. The Kier molecular flexibility index (Phi) is 3.58. The lowest BCUT2D eigenvalue weighted by Crippen LogP contribution is -2.05. The highest BCUT2D eigenvalue weighted by molar-refractivity contribution is 6.35. The summed E-state index contributed by atoms with van der Waals surface area (Å²) in [5, 5.41) is 0.857. The van der Waals surface area contributed by atoms with Crippen LogP contribution < -0.4 is 4.74 Å². The van der Waals surface area contributed by atoms with Crippen molar-refractivity contribution in [2.75, 3.05) is 0 Å². The van der Waals surface area contributed by atoms with Gasteiger partial charge in [-0.15, -0.1) is 0 Å². The summed E-state index contributed by atoms with van der Waals surface area (Å²) in [6.07, 6.45) is 0.318. The molecular weight excluding hydrogens is 211 g/mol. The van der Waals surface area contributed by atoms with Gasteiger partial charge in [0, 0.05) is 11.4 Å². The topological polar surface area (TPSA) is 26.3 Å². The van der Waals surface area contributed by atoms with E-state index in [9.17, 15) is 4.79 Å². The predicted octanol–water partition coefficient (Wildman–Crippen LogP) is 3.31. The van der Waals surface area contributed by atoms with Gasteiger partial charge < -0.3 is 4.74 Å². The number of ether oxygens (including phenoxy) is 1. The molecule has 0 unspecified atom stereocenters.